The topological polar surface area (TPSA) is 29.3 Å². The molecule has 4 heteroatoms. The fraction of sp³-hybridized carbons (Fsp3) is 0. The molecule has 2 heterocycles. The molecule has 0 fully saturated rings. The van der Waals surface area contributed by atoms with Crippen molar-refractivity contribution in [3.63, 3.8) is 0 Å². The number of fused-ring (bicyclic) bond motifs is 8. The van der Waals surface area contributed by atoms with Crippen LogP contribution in [0.1, 0.15) is 0 Å². The molecule has 49 heavy (non-hydrogen) atoms. The maximum Gasteiger partial charge on any atom is 0.227 e. The molecule has 230 valence electrons. The molecule has 0 amide bonds. The Morgan fingerprint density at radius 2 is 1.16 bits per heavy atom. The summed E-state index contributed by atoms with van der Waals surface area (Å²) in [5, 5.41) is 7.17. The van der Waals surface area contributed by atoms with Gasteiger partial charge in [0.25, 0.3) is 0 Å². The second-order valence-electron chi connectivity index (χ2n) is 12.4. The molecule has 0 saturated heterocycles. The van der Waals surface area contributed by atoms with E-state index in [-0.39, 0.29) is 0 Å². The Bertz CT molecular complexity index is 2820. The van der Waals surface area contributed by atoms with Gasteiger partial charge in [0.2, 0.25) is 5.89 Å². The molecule has 0 atom stereocenters. The number of benzene rings is 8. The van der Waals surface area contributed by atoms with Gasteiger partial charge in [0.15, 0.2) is 5.58 Å². The van der Waals surface area contributed by atoms with Gasteiger partial charge in [-0.1, -0.05) is 109 Å². The van der Waals surface area contributed by atoms with Crippen LogP contribution in [-0.2, 0) is 0 Å². The Balaban J connectivity index is 1.13. The van der Waals surface area contributed by atoms with E-state index in [1.54, 1.807) is 0 Å². The number of hydrogen-bond acceptors (Lipinski definition) is 4. The molecule has 2 aromatic heterocycles. The summed E-state index contributed by atoms with van der Waals surface area (Å²) in [6.45, 7) is 0. The summed E-state index contributed by atoms with van der Waals surface area (Å²) in [5.74, 6) is 0.633. The van der Waals surface area contributed by atoms with Crippen molar-refractivity contribution in [3.05, 3.63) is 170 Å². The zero-order chi connectivity index (χ0) is 32.3. The van der Waals surface area contributed by atoms with Gasteiger partial charge in [-0.2, -0.15) is 0 Å². The van der Waals surface area contributed by atoms with Gasteiger partial charge in [0.1, 0.15) is 5.52 Å². The number of hydrogen-bond donors (Lipinski definition) is 0. The van der Waals surface area contributed by atoms with Crippen molar-refractivity contribution in [1.82, 2.24) is 4.98 Å². The van der Waals surface area contributed by atoms with E-state index in [4.69, 9.17) is 9.40 Å². The van der Waals surface area contributed by atoms with Crippen molar-refractivity contribution < 1.29 is 4.42 Å². The summed E-state index contributed by atoms with van der Waals surface area (Å²) in [7, 11) is 0. The van der Waals surface area contributed by atoms with Crippen molar-refractivity contribution in [2.24, 2.45) is 0 Å². The van der Waals surface area contributed by atoms with E-state index in [1.807, 2.05) is 47.7 Å². The predicted molar refractivity (Wildman–Crippen MR) is 207 cm³/mol. The zero-order valence-corrected chi connectivity index (χ0v) is 27.2. The number of nitrogens with zero attached hydrogens (tertiary/aromatic N) is 2. The Labute approximate surface area is 286 Å². The summed E-state index contributed by atoms with van der Waals surface area (Å²) < 4.78 is 8.94. The Morgan fingerprint density at radius 3 is 2.02 bits per heavy atom. The Kier molecular flexibility index (Phi) is 6.36. The number of anilines is 3. The predicted octanol–water partition coefficient (Wildman–Crippen LogP) is 13.3. The van der Waals surface area contributed by atoms with E-state index in [9.17, 15) is 0 Å². The molecule has 3 nitrogen and oxygen atoms in total. The van der Waals surface area contributed by atoms with Gasteiger partial charge in [0, 0.05) is 48.2 Å². The molecule has 0 aliphatic heterocycles. The highest BCUT2D eigenvalue weighted by Crippen LogP contribution is 2.43. The summed E-state index contributed by atoms with van der Waals surface area (Å²) in [5.41, 5.74) is 8.37. The first-order chi connectivity index (χ1) is 24.3. The molecule has 0 N–H and O–H groups in total. The standard InChI is InChI=1S/C45H28N2OS/c1-3-10-32(11-4-1)45-46-43-40(48-45)27-23-31-19-18-30-22-26-35(28-39(30)42(31)43)47(33-12-5-2-6-13-33)34-24-20-29(21-25-34)36-15-9-16-38-37-14-7-8-17-41(37)49-44(36)38/h1-28H. The lowest BCUT2D eigenvalue weighted by Crippen LogP contribution is -2.09. The Hall–Kier alpha value is -6.23. The largest absolute Gasteiger partial charge is 0.436 e. The minimum absolute atomic E-state index is 0.633. The zero-order valence-electron chi connectivity index (χ0n) is 26.4. The molecular formula is C45H28N2OS. The molecule has 0 spiro atoms. The van der Waals surface area contributed by atoms with Gasteiger partial charge in [-0.25, -0.2) is 4.98 Å². The van der Waals surface area contributed by atoms with E-state index in [0.29, 0.717) is 5.89 Å². The Morgan fingerprint density at radius 1 is 0.490 bits per heavy atom. The van der Waals surface area contributed by atoms with Crippen molar-refractivity contribution in [3.8, 4) is 22.6 Å². The highest BCUT2D eigenvalue weighted by Gasteiger charge is 2.18. The molecule has 0 aliphatic carbocycles. The van der Waals surface area contributed by atoms with Crippen LogP contribution in [0.2, 0.25) is 0 Å². The quantitative estimate of drug-likeness (QED) is 0.175. The van der Waals surface area contributed by atoms with Crippen LogP contribution in [0.3, 0.4) is 0 Å². The fourth-order valence-corrected chi connectivity index (χ4v) is 8.39. The van der Waals surface area contributed by atoms with E-state index in [2.05, 4.69) is 138 Å². The van der Waals surface area contributed by atoms with Gasteiger partial charge in [0.05, 0.1) is 0 Å². The molecule has 10 rings (SSSR count). The molecule has 0 unspecified atom stereocenters. The average Bonchev–Trinajstić information content (AvgIpc) is 3.78. The van der Waals surface area contributed by atoms with E-state index in [0.717, 1.165) is 55.3 Å². The fourth-order valence-electron chi connectivity index (χ4n) is 7.15. The summed E-state index contributed by atoms with van der Waals surface area (Å²) in [4.78, 5) is 7.38. The van der Waals surface area contributed by atoms with Gasteiger partial charge >= 0.3 is 0 Å². The number of para-hydroxylation sites is 1. The van der Waals surface area contributed by atoms with Crippen LogP contribution in [0.5, 0.6) is 0 Å². The van der Waals surface area contributed by atoms with Crippen LogP contribution >= 0.6 is 11.3 Å². The van der Waals surface area contributed by atoms with E-state index in [1.165, 1.54) is 31.3 Å². The second-order valence-corrected chi connectivity index (χ2v) is 13.4. The molecular weight excluding hydrogens is 617 g/mol. The maximum atomic E-state index is 6.30. The van der Waals surface area contributed by atoms with Gasteiger partial charge < -0.3 is 9.32 Å². The van der Waals surface area contributed by atoms with Crippen LogP contribution < -0.4 is 4.90 Å². The summed E-state index contributed by atoms with van der Waals surface area (Å²) in [6.07, 6.45) is 0. The third-order valence-electron chi connectivity index (χ3n) is 9.48. The van der Waals surface area contributed by atoms with Crippen molar-refractivity contribution >= 4 is 81.2 Å². The van der Waals surface area contributed by atoms with Crippen LogP contribution in [0.25, 0.3) is 75.4 Å². The van der Waals surface area contributed by atoms with Gasteiger partial charge in [-0.3, -0.25) is 0 Å². The van der Waals surface area contributed by atoms with Crippen molar-refractivity contribution in [1.29, 1.82) is 0 Å². The second kappa shape index (κ2) is 11.2. The van der Waals surface area contributed by atoms with Crippen molar-refractivity contribution in [2.45, 2.75) is 0 Å². The number of thiophene rings is 1. The first-order valence-electron chi connectivity index (χ1n) is 16.5. The first kappa shape index (κ1) is 27.8. The maximum absolute atomic E-state index is 6.30. The smallest absolute Gasteiger partial charge is 0.227 e. The number of aromatic nitrogens is 1. The van der Waals surface area contributed by atoms with Crippen LogP contribution in [0, 0.1) is 0 Å². The first-order valence-corrected chi connectivity index (χ1v) is 17.3. The van der Waals surface area contributed by atoms with E-state index < -0.39 is 0 Å². The van der Waals surface area contributed by atoms with Crippen LogP contribution in [0.4, 0.5) is 17.1 Å². The molecule has 0 saturated carbocycles. The third-order valence-corrected chi connectivity index (χ3v) is 10.7. The minimum atomic E-state index is 0.633. The SMILES string of the molecule is c1ccc(-c2nc3c(ccc4ccc5ccc(N(c6ccccc6)c6ccc(-c7cccc8c7sc7ccccc78)cc6)cc5c43)o2)cc1. The average molecular weight is 645 g/mol. The molecule has 0 radical (unpaired) electrons. The number of oxazole rings is 1. The lowest BCUT2D eigenvalue weighted by Gasteiger charge is -2.26. The molecule has 0 bridgehead atoms. The van der Waals surface area contributed by atoms with Gasteiger partial charge in [-0.05, 0) is 87.9 Å². The lowest BCUT2D eigenvalue weighted by atomic mass is 9.99. The highest BCUT2D eigenvalue weighted by molar-refractivity contribution is 7.26. The third kappa shape index (κ3) is 4.61. The number of rotatable bonds is 5. The van der Waals surface area contributed by atoms with Gasteiger partial charge in [-0.15, -0.1) is 11.3 Å². The molecule has 10 aromatic rings. The van der Waals surface area contributed by atoms with Crippen molar-refractivity contribution in [2.75, 3.05) is 4.90 Å². The highest BCUT2D eigenvalue weighted by atomic mass is 32.1. The molecule has 8 aromatic carbocycles. The molecule has 0 aliphatic rings. The van der Waals surface area contributed by atoms with Crippen LogP contribution in [0.15, 0.2) is 174 Å². The van der Waals surface area contributed by atoms with Crippen LogP contribution in [-0.4, -0.2) is 4.98 Å². The minimum Gasteiger partial charge on any atom is -0.436 e. The normalized spacial score (nSPS) is 11.7. The monoisotopic (exact) mass is 644 g/mol. The van der Waals surface area contributed by atoms with E-state index >= 15 is 0 Å². The summed E-state index contributed by atoms with van der Waals surface area (Å²) >= 11 is 1.87. The lowest BCUT2D eigenvalue weighted by molar-refractivity contribution is 0.620. The summed E-state index contributed by atoms with van der Waals surface area (Å²) in [6, 6.07) is 60.3.